The number of piperidine rings is 1. The lowest BCUT2D eigenvalue weighted by Crippen LogP contribution is -2.51. The van der Waals surface area contributed by atoms with Crippen molar-refractivity contribution in [3.8, 4) is 0 Å². The molecule has 2 amide bonds. The van der Waals surface area contributed by atoms with Crippen LogP contribution in [0.5, 0.6) is 0 Å². The SMILES string of the molecule is CC1CC(C(=O)O)CN(C(=O)N(C)CC(F)(F)F)C1. The Kier molecular flexibility index (Phi) is 4.65. The zero-order valence-corrected chi connectivity index (χ0v) is 10.8. The van der Waals surface area contributed by atoms with Crippen LogP contribution in [0, 0.1) is 11.8 Å². The highest BCUT2D eigenvalue weighted by molar-refractivity contribution is 5.76. The number of hydrogen-bond donors (Lipinski definition) is 1. The summed E-state index contributed by atoms with van der Waals surface area (Å²) < 4.78 is 36.6. The molecule has 0 saturated carbocycles. The highest BCUT2D eigenvalue weighted by Crippen LogP contribution is 2.23. The lowest BCUT2D eigenvalue weighted by atomic mass is 9.91. The van der Waals surface area contributed by atoms with Gasteiger partial charge >= 0.3 is 18.2 Å². The lowest BCUT2D eigenvalue weighted by molar-refractivity contribution is -0.145. The number of carboxylic acids is 1. The summed E-state index contributed by atoms with van der Waals surface area (Å²) in [4.78, 5) is 24.5. The molecular weight excluding hydrogens is 265 g/mol. The number of aliphatic carboxylic acids is 1. The van der Waals surface area contributed by atoms with Crippen molar-refractivity contribution in [2.75, 3.05) is 26.7 Å². The molecule has 1 rings (SSSR count). The Labute approximate surface area is 109 Å². The molecule has 2 unspecified atom stereocenters. The van der Waals surface area contributed by atoms with Crippen LogP contribution in [0.1, 0.15) is 13.3 Å². The molecule has 0 bridgehead atoms. The number of alkyl halides is 3. The fraction of sp³-hybridized carbons (Fsp3) is 0.818. The van der Waals surface area contributed by atoms with E-state index < -0.39 is 30.6 Å². The molecular formula is C11H17F3N2O3. The number of halogens is 3. The Bertz CT molecular complexity index is 360. The molecule has 0 aliphatic carbocycles. The van der Waals surface area contributed by atoms with Crippen LogP contribution >= 0.6 is 0 Å². The third-order valence-electron chi connectivity index (χ3n) is 3.02. The van der Waals surface area contributed by atoms with Crippen LogP contribution in [0.3, 0.4) is 0 Å². The maximum atomic E-state index is 12.2. The maximum Gasteiger partial charge on any atom is 0.406 e. The summed E-state index contributed by atoms with van der Waals surface area (Å²) in [6, 6.07) is -0.782. The standard InChI is InChI=1S/C11H17F3N2O3/c1-7-3-8(9(17)18)5-16(4-7)10(19)15(2)6-11(12,13)14/h7-8H,3-6H2,1-2H3,(H,17,18). The van der Waals surface area contributed by atoms with Crippen LogP contribution < -0.4 is 0 Å². The number of amides is 2. The second-order valence-corrected chi connectivity index (χ2v) is 5.03. The number of hydrogen-bond acceptors (Lipinski definition) is 2. The molecule has 1 aliphatic heterocycles. The van der Waals surface area contributed by atoms with E-state index in [1.807, 2.05) is 0 Å². The van der Waals surface area contributed by atoms with Gasteiger partial charge in [0.05, 0.1) is 5.92 Å². The van der Waals surface area contributed by atoms with E-state index in [2.05, 4.69) is 0 Å². The minimum atomic E-state index is -4.46. The molecule has 0 radical (unpaired) electrons. The molecule has 1 heterocycles. The van der Waals surface area contributed by atoms with Crippen molar-refractivity contribution < 1.29 is 27.9 Å². The van der Waals surface area contributed by atoms with E-state index in [4.69, 9.17) is 5.11 Å². The number of nitrogens with zero attached hydrogens (tertiary/aromatic N) is 2. The minimum Gasteiger partial charge on any atom is -0.481 e. The average Bonchev–Trinajstić information content (AvgIpc) is 2.24. The number of urea groups is 1. The van der Waals surface area contributed by atoms with E-state index >= 15 is 0 Å². The van der Waals surface area contributed by atoms with Crippen molar-refractivity contribution in [1.29, 1.82) is 0 Å². The van der Waals surface area contributed by atoms with Gasteiger partial charge in [-0.05, 0) is 12.3 Å². The van der Waals surface area contributed by atoms with Crippen LogP contribution in [0.4, 0.5) is 18.0 Å². The molecule has 0 spiro atoms. The summed E-state index contributed by atoms with van der Waals surface area (Å²) in [7, 11) is 1.06. The normalized spacial score (nSPS) is 24.2. The fourth-order valence-electron chi connectivity index (χ4n) is 2.26. The summed E-state index contributed by atoms with van der Waals surface area (Å²) in [5.74, 6) is -1.78. The highest BCUT2D eigenvalue weighted by atomic mass is 19.4. The van der Waals surface area contributed by atoms with Gasteiger partial charge in [0.2, 0.25) is 0 Å². The summed E-state index contributed by atoms with van der Waals surface area (Å²) in [6.07, 6.45) is -4.03. The van der Waals surface area contributed by atoms with Gasteiger partial charge in [-0.3, -0.25) is 4.79 Å². The predicted octanol–water partition coefficient (Wildman–Crippen LogP) is 1.64. The van der Waals surface area contributed by atoms with Gasteiger partial charge in [-0.15, -0.1) is 0 Å². The molecule has 0 aromatic heterocycles. The Hall–Kier alpha value is -1.47. The van der Waals surface area contributed by atoms with Gasteiger partial charge in [-0.2, -0.15) is 13.2 Å². The first kappa shape index (κ1) is 15.6. The number of carbonyl (C=O) groups is 2. The quantitative estimate of drug-likeness (QED) is 0.837. The largest absolute Gasteiger partial charge is 0.481 e. The third-order valence-corrected chi connectivity index (χ3v) is 3.02. The fourth-order valence-corrected chi connectivity index (χ4v) is 2.26. The molecule has 2 atom stereocenters. The summed E-state index contributed by atoms with van der Waals surface area (Å²) in [6.45, 7) is 0.680. The number of carbonyl (C=O) groups excluding carboxylic acids is 1. The van der Waals surface area contributed by atoms with Crippen LogP contribution in [0.25, 0.3) is 0 Å². The van der Waals surface area contributed by atoms with E-state index in [0.717, 1.165) is 7.05 Å². The monoisotopic (exact) mass is 282 g/mol. The molecule has 8 heteroatoms. The smallest absolute Gasteiger partial charge is 0.406 e. The number of carboxylic acid groups (broad SMARTS) is 1. The van der Waals surface area contributed by atoms with E-state index in [1.165, 1.54) is 4.90 Å². The molecule has 1 fully saturated rings. The first-order valence-electron chi connectivity index (χ1n) is 5.89. The minimum absolute atomic E-state index is 0.0410. The van der Waals surface area contributed by atoms with Crippen molar-refractivity contribution >= 4 is 12.0 Å². The van der Waals surface area contributed by atoms with Crippen LogP contribution in [0.15, 0.2) is 0 Å². The molecule has 0 aromatic carbocycles. The van der Waals surface area contributed by atoms with Gasteiger partial charge in [0, 0.05) is 20.1 Å². The second kappa shape index (κ2) is 5.66. The number of likely N-dealkylation sites (tertiary alicyclic amines) is 1. The number of rotatable bonds is 2. The third kappa shape index (κ3) is 4.60. The summed E-state index contributed by atoms with van der Waals surface area (Å²) in [5.41, 5.74) is 0. The van der Waals surface area contributed by atoms with Crippen molar-refractivity contribution in [2.45, 2.75) is 19.5 Å². The maximum absolute atomic E-state index is 12.2. The van der Waals surface area contributed by atoms with E-state index in [0.29, 0.717) is 11.3 Å². The Balaban J connectivity index is 2.67. The Morgan fingerprint density at radius 3 is 2.42 bits per heavy atom. The van der Waals surface area contributed by atoms with Gasteiger partial charge in [0.1, 0.15) is 6.54 Å². The summed E-state index contributed by atoms with van der Waals surface area (Å²) >= 11 is 0. The predicted molar refractivity (Wildman–Crippen MR) is 60.6 cm³/mol. The molecule has 5 nitrogen and oxygen atoms in total. The van der Waals surface area contributed by atoms with Crippen molar-refractivity contribution in [2.24, 2.45) is 11.8 Å². The van der Waals surface area contributed by atoms with E-state index in [9.17, 15) is 22.8 Å². The summed E-state index contributed by atoms with van der Waals surface area (Å²) in [5, 5.41) is 8.95. The van der Waals surface area contributed by atoms with Gasteiger partial charge < -0.3 is 14.9 Å². The molecule has 110 valence electrons. The lowest BCUT2D eigenvalue weighted by Gasteiger charge is -2.37. The van der Waals surface area contributed by atoms with Crippen molar-refractivity contribution in [3.05, 3.63) is 0 Å². The molecule has 0 aromatic rings. The zero-order chi connectivity index (χ0) is 14.8. The van der Waals surface area contributed by atoms with Crippen LogP contribution in [-0.2, 0) is 4.79 Å². The first-order chi connectivity index (χ1) is 8.60. The molecule has 1 N–H and O–H groups in total. The topological polar surface area (TPSA) is 60.9 Å². The van der Waals surface area contributed by atoms with Gasteiger partial charge in [0.25, 0.3) is 0 Å². The van der Waals surface area contributed by atoms with Gasteiger partial charge in [-0.25, -0.2) is 4.79 Å². The van der Waals surface area contributed by atoms with Crippen molar-refractivity contribution in [1.82, 2.24) is 9.80 Å². The second-order valence-electron chi connectivity index (χ2n) is 5.03. The zero-order valence-electron chi connectivity index (χ0n) is 10.8. The first-order valence-corrected chi connectivity index (χ1v) is 5.89. The van der Waals surface area contributed by atoms with E-state index in [-0.39, 0.29) is 19.0 Å². The highest BCUT2D eigenvalue weighted by Gasteiger charge is 2.36. The van der Waals surface area contributed by atoms with Gasteiger partial charge in [-0.1, -0.05) is 6.92 Å². The Morgan fingerprint density at radius 1 is 1.37 bits per heavy atom. The molecule has 1 aliphatic rings. The average molecular weight is 282 g/mol. The van der Waals surface area contributed by atoms with E-state index in [1.54, 1.807) is 6.92 Å². The van der Waals surface area contributed by atoms with Crippen LogP contribution in [0.2, 0.25) is 0 Å². The molecule has 1 saturated heterocycles. The molecule has 19 heavy (non-hydrogen) atoms. The van der Waals surface area contributed by atoms with Crippen LogP contribution in [-0.4, -0.2) is 59.8 Å². The van der Waals surface area contributed by atoms with Crippen molar-refractivity contribution in [3.63, 3.8) is 0 Å². The van der Waals surface area contributed by atoms with Gasteiger partial charge in [0.15, 0.2) is 0 Å². The Morgan fingerprint density at radius 2 is 1.95 bits per heavy atom.